The van der Waals surface area contributed by atoms with E-state index in [-0.39, 0.29) is 0 Å². The van der Waals surface area contributed by atoms with Gasteiger partial charge in [-0.05, 0) is 17.7 Å². The highest BCUT2D eigenvalue weighted by molar-refractivity contribution is 5.74. The van der Waals surface area contributed by atoms with E-state index in [9.17, 15) is 0 Å². The van der Waals surface area contributed by atoms with Crippen LogP contribution < -0.4 is 5.32 Å². The number of nitrogens with zero attached hydrogens (tertiary/aromatic N) is 3. The third-order valence-corrected chi connectivity index (χ3v) is 2.97. The molecule has 0 aliphatic heterocycles. The van der Waals surface area contributed by atoms with Crippen LogP contribution in [0, 0.1) is 0 Å². The van der Waals surface area contributed by atoms with Gasteiger partial charge in [-0.3, -0.25) is 0 Å². The largest absolute Gasteiger partial charge is 0.365 e. The van der Waals surface area contributed by atoms with E-state index in [0.29, 0.717) is 6.54 Å². The molecule has 0 bridgehead atoms. The summed E-state index contributed by atoms with van der Waals surface area (Å²) in [4.78, 5) is 12.4. The normalized spacial score (nSPS) is 10.2. The molecule has 0 amide bonds. The van der Waals surface area contributed by atoms with Gasteiger partial charge in [-0.25, -0.2) is 15.0 Å². The number of rotatable bonds is 4. The van der Waals surface area contributed by atoms with E-state index in [4.69, 9.17) is 0 Å². The summed E-state index contributed by atoms with van der Waals surface area (Å²) < 4.78 is 0. The standard InChI is InChI=1S/C16H14N4/c1-2-5-14(6-3-1)15-7-4-8-19-16(15)20-11-13-9-17-12-18-10-13/h1-10,12H,11H2,(H,19,20). The van der Waals surface area contributed by atoms with Gasteiger partial charge in [-0.15, -0.1) is 0 Å². The number of hydrogen-bond donors (Lipinski definition) is 1. The van der Waals surface area contributed by atoms with E-state index in [1.807, 2.05) is 24.3 Å². The lowest BCUT2D eigenvalue weighted by atomic mass is 10.1. The van der Waals surface area contributed by atoms with Crippen LogP contribution in [0.25, 0.3) is 11.1 Å². The molecule has 1 aromatic carbocycles. The van der Waals surface area contributed by atoms with Crippen LogP contribution in [0.2, 0.25) is 0 Å². The summed E-state index contributed by atoms with van der Waals surface area (Å²) in [6.45, 7) is 0.650. The first kappa shape index (κ1) is 12.3. The summed E-state index contributed by atoms with van der Waals surface area (Å²) >= 11 is 0. The lowest BCUT2D eigenvalue weighted by Crippen LogP contribution is -2.03. The summed E-state index contributed by atoms with van der Waals surface area (Å²) in [6.07, 6.45) is 6.91. The zero-order valence-electron chi connectivity index (χ0n) is 10.9. The Morgan fingerprint density at radius 3 is 2.50 bits per heavy atom. The molecule has 0 atom stereocenters. The first-order chi connectivity index (χ1) is 9.93. The molecular weight excluding hydrogens is 248 g/mol. The van der Waals surface area contributed by atoms with E-state index in [2.05, 4.69) is 38.5 Å². The van der Waals surface area contributed by atoms with Gasteiger partial charge in [-0.1, -0.05) is 30.3 Å². The quantitative estimate of drug-likeness (QED) is 0.784. The molecule has 98 valence electrons. The Balaban J connectivity index is 1.84. The van der Waals surface area contributed by atoms with Gasteiger partial charge in [0.1, 0.15) is 12.1 Å². The third kappa shape index (κ3) is 2.80. The van der Waals surface area contributed by atoms with E-state index in [1.165, 1.54) is 6.33 Å². The maximum absolute atomic E-state index is 4.42. The Labute approximate surface area is 117 Å². The molecule has 3 aromatic rings. The number of nitrogens with one attached hydrogen (secondary N) is 1. The molecule has 0 radical (unpaired) electrons. The van der Waals surface area contributed by atoms with Crippen LogP contribution in [0.3, 0.4) is 0 Å². The van der Waals surface area contributed by atoms with Crippen LogP contribution >= 0.6 is 0 Å². The summed E-state index contributed by atoms with van der Waals surface area (Å²) in [5, 5.41) is 3.34. The van der Waals surface area contributed by atoms with Gasteiger partial charge in [0, 0.05) is 36.3 Å². The summed E-state index contributed by atoms with van der Waals surface area (Å²) in [7, 11) is 0. The van der Waals surface area contributed by atoms with Crippen molar-refractivity contribution in [1.82, 2.24) is 15.0 Å². The van der Waals surface area contributed by atoms with Gasteiger partial charge in [0.25, 0.3) is 0 Å². The number of anilines is 1. The monoisotopic (exact) mass is 262 g/mol. The van der Waals surface area contributed by atoms with Gasteiger partial charge in [0.2, 0.25) is 0 Å². The van der Waals surface area contributed by atoms with Gasteiger partial charge in [0.05, 0.1) is 0 Å². The molecule has 2 heterocycles. The molecule has 0 aliphatic rings. The minimum atomic E-state index is 0.650. The molecule has 0 saturated heterocycles. The Morgan fingerprint density at radius 1 is 0.900 bits per heavy atom. The second kappa shape index (κ2) is 5.93. The Morgan fingerprint density at radius 2 is 1.70 bits per heavy atom. The van der Waals surface area contributed by atoms with Gasteiger partial charge in [-0.2, -0.15) is 0 Å². The molecule has 4 heteroatoms. The second-order valence-corrected chi connectivity index (χ2v) is 4.37. The molecule has 0 fully saturated rings. The zero-order chi connectivity index (χ0) is 13.6. The summed E-state index contributed by atoms with van der Waals surface area (Å²) in [5.41, 5.74) is 3.26. The van der Waals surface area contributed by atoms with E-state index in [1.54, 1.807) is 18.6 Å². The van der Waals surface area contributed by atoms with Gasteiger partial charge in [0.15, 0.2) is 0 Å². The SMILES string of the molecule is c1ccc(-c2cccnc2NCc2cncnc2)cc1. The molecule has 20 heavy (non-hydrogen) atoms. The van der Waals surface area contributed by atoms with Crippen LogP contribution in [0.15, 0.2) is 67.4 Å². The lowest BCUT2D eigenvalue weighted by Gasteiger charge is -2.10. The molecule has 3 rings (SSSR count). The fraction of sp³-hybridized carbons (Fsp3) is 0.0625. The van der Waals surface area contributed by atoms with Crippen molar-refractivity contribution in [2.45, 2.75) is 6.54 Å². The van der Waals surface area contributed by atoms with Crippen molar-refractivity contribution < 1.29 is 0 Å². The number of aromatic nitrogens is 3. The predicted molar refractivity (Wildman–Crippen MR) is 79.0 cm³/mol. The number of hydrogen-bond acceptors (Lipinski definition) is 4. The predicted octanol–water partition coefficient (Wildman–Crippen LogP) is 3.15. The van der Waals surface area contributed by atoms with Crippen LogP contribution in [0.1, 0.15) is 5.56 Å². The molecule has 0 unspecified atom stereocenters. The van der Waals surface area contributed by atoms with Crippen LogP contribution in [0.5, 0.6) is 0 Å². The minimum Gasteiger partial charge on any atom is -0.365 e. The highest BCUT2D eigenvalue weighted by Gasteiger charge is 2.05. The third-order valence-electron chi connectivity index (χ3n) is 2.97. The molecule has 0 saturated carbocycles. The Hall–Kier alpha value is -2.75. The van der Waals surface area contributed by atoms with Gasteiger partial charge >= 0.3 is 0 Å². The van der Waals surface area contributed by atoms with Crippen LogP contribution in [-0.4, -0.2) is 15.0 Å². The first-order valence-electron chi connectivity index (χ1n) is 6.42. The summed E-state index contributed by atoms with van der Waals surface area (Å²) in [6, 6.07) is 14.2. The van der Waals surface area contributed by atoms with Crippen molar-refractivity contribution in [3.8, 4) is 11.1 Å². The smallest absolute Gasteiger partial charge is 0.134 e. The number of benzene rings is 1. The van der Waals surface area contributed by atoms with Crippen molar-refractivity contribution in [2.75, 3.05) is 5.32 Å². The Bertz CT molecular complexity index is 668. The minimum absolute atomic E-state index is 0.650. The van der Waals surface area contributed by atoms with Crippen LogP contribution in [-0.2, 0) is 6.54 Å². The molecule has 0 spiro atoms. The highest BCUT2D eigenvalue weighted by Crippen LogP contribution is 2.25. The molecule has 0 aliphatic carbocycles. The number of pyridine rings is 1. The maximum atomic E-state index is 4.42. The van der Waals surface area contributed by atoms with Gasteiger partial charge < -0.3 is 5.32 Å². The summed E-state index contributed by atoms with van der Waals surface area (Å²) in [5.74, 6) is 0.863. The van der Waals surface area contributed by atoms with Crippen molar-refractivity contribution >= 4 is 5.82 Å². The molecule has 1 N–H and O–H groups in total. The molecular formula is C16H14N4. The first-order valence-corrected chi connectivity index (χ1v) is 6.42. The average Bonchev–Trinajstić information content (AvgIpc) is 2.55. The highest BCUT2D eigenvalue weighted by atomic mass is 15.0. The van der Waals surface area contributed by atoms with Crippen molar-refractivity contribution in [3.63, 3.8) is 0 Å². The second-order valence-electron chi connectivity index (χ2n) is 4.37. The molecule has 2 aromatic heterocycles. The molecule has 4 nitrogen and oxygen atoms in total. The zero-order valence-corrected chi connectivity index (χ0v) is 10.9. The van der Waals surface area contributed by atoms with Crippen molar-refractivity contribution in [3.05, 3.63) is 72.9 Å². The van der Waals surface area contributed by atoms with Crippen molar-refractivity contribution in [1.29, 1.82) is 0 Å². The van der Waals surface area contributed by atoms with E-state index in [0.717, 1.165) is 22.5 Å². The Kier molecular flexibility index (Phi) is 3.64. The van der Waals surface area contributed by atoms with Crippen molar-refractivity contribution in [2.24, 2.45) is 0 Å². The lowest BCUT2D eigenvalue weighted by molar-refractivity contribution is 1.04. The maximum Gasteiger partial charge on any atom is 0.134 e. The average molecular weight is 262 g/mol. The fourth-order valence-corrected chi connectivity index (χ4v) is 2.00. The van der Waals surface area contributed by atoms with E-state index >= 15 is 0 Å². The topological polar surface area (TPSA) is 50.7 Å². The fourth-order valence-electron chi connectivity index (χ4n) is 2.00. The van der Waals surface area contributed by atoms with Crippen LogP contribution in [0.4, 0.5) is 5.82 Å². The van der Waals surface area contributed by atoms with E-state index < -0.39 is 0 Å².